The normalized spacial score (nSPS) is 15.2. The third-order valence-corrected chi connectivity index (χ3v) is 1.80. The number of ether oxygens (including phenoxy) is 1. The molecule has 0 fully saturated rings. The van der Waals surface area contributed by atoms with Gasteiger partial charge in [0, 0.05) is 13.0 Å². The van der Waals surface area contributed by atoms with Crippen LogP contribution in [0, 0.1) is 12.3 Å². The summed E-state index contributed by atoms with van der Waals surface area (Å²) in [4.78, 5) is 0. The second-order valence-electron chi connectivity index (χ2n) is 2.71. The molecule has 0 radical (unpaired) electrons. The number of aliphatic hydroxyl groups is 1. The van der Waals surface area contributed by atoms with Crippen LogP contribution in [0.3, 0.4) is 0 Å². The Hall–Kier alpha value is -0.520. The number of terminal acetylenes is 1. The second kappa shape index (κ2) is 7.15. The molecule has 0 aromatic heterocycles. The molecular formula is C10H18O2. The van der Waals surface area contributed by atoms with Crippen LogP contribution in [-0.2, 0) is 4.74 Å². The maximum Gasteiger partial charge on any atom is 0.0831 e. The average molecular weight is 170 g/mol. The van der Waals surface area contributed by atoms with E-state index in [1.807, 2.05) is 13.8 Å². The molecule has 0 aliphatic rings. The fourth-order valence-electron chi connectivity index (χ4n) is 1.13. The molecular weight excluding hydrogens is 152 g/mol. The summed E-state index contributed by atoms with van der Waals surface area (Å²) in [5, 5.41) is 9.55. The van der Waals surface area contributed by atoms with Crippen LogP contribution in [0.25, 0.3) is 0 Å². The number of rotatable bonds is 6. The quantitative estimate of drug-likeness (QED) is 0.613. The van der Waals surface area contributed by atoms with E-state index >= 15 is 0 Å². The smallest absolute Gasteiger partial charge is 0.0831 e. The number of aliphatic hydroxyl groups excluding tert-OH is 1. The van der Waals surface area contributed by atoms with Crippen molar-refractivity contribution in [3.63, 3.8) is 0 Å². The van der Waals surface area contributed by atoms with Crippen molar-refractivity contribution in [3.8, 4) is 12.3 Å². The highest BCUT2D eigenvalue weighted by Crippen LogP contribution is 2.09. The molecule has 0 saturated heterocycles. The Morgan fingerprint density at radius 3 is 2.58 bits per heavy atom. The fourth-order valence-corrected chi connectivity index (χ4v) is 1.13. The standard InChI is InChI=1S/C10H18O2/c1-4-7-8-9(11)10(5-2)12-6-3/h1,9-11H,5-8H2,2-3H3. The molecule has 0 rings (SSSR count). The van der Waals surface area contributed by atoms with E-state index in [4.69, 9.17) is 11.2 Å². The molecule has 0 bridgehead atoms. The van der Waals surface area contributed by atoms with E-state index in [0.717, 1.165) is 6.42 Å². The zero-order valence-corrected chi connectivity index (χ0v) is 7.92. The van der Waals surface area contributed by atoms with Crippen LogP contribution in [0.4, 0.5) is 0 Å². The topological polar surface area (TPSA) is 29.5 Å². The minimum atomic E-state index is -0.411. The van der Waals surface area contributed by atoms with Crippen LogP contribution < -0.4 is 0 Å². The van der Waals surface area contributed by atoms with Gasteiger partial charge in [0.05, 0.1) is 12.2 Å². The molecule has 0 saturated carbocycles. The van der Waals surface area contributed by atoms with Gasteiger partial charge in [0.15, 0.2) is 0 Å². The SMILES string of the molecule is C#CCCC(O)C(CC)OCC. The first-order valence-electron chi connectivity index (χ1n) is 4.49. The van der Waals surface area contributed by atoms with Gasteiger partial charge in [-0.25, -0.2) is 0 Å². The van der Waals surface area contributed by atoms with E-state index in [9.17, 15) is 5.11 Å². The van der Waals surface area contributed by atoms with Gasteiger partial charge < -0.3 is 9.84 Å². The van der Waals surface area contributed by atoms with Gasteiger partial charge in [-0.2, -0.15) is 0 Å². The average Bonchev–Trinajstić information content (AvgIpc) is 2.10. The maximum absolute atomic E-state index is 9.55. The van der Waals surface area contributed by atoms with Gasteiger partial charge in [0.2, 0.25) is 0 Å². The van der Waals surface area contributed by atoms with Crippen molar-refractivity contribution in [2.24, 2.45) is 0 Å². The van der Waals surface area contributed by atoms with Gasteiger partial charge in [-0.3, -0.25) is 0 Å². The van der Waals surface area contributed by atoms with Crippen molar-refractivity contribution in [1.82, 2.24) is 0 Å². The summed E-state index contributed by atoms with van der Waals surface area (Å²) in [5.74, 6) is 2.50. The lowest BCUT2D eigenvalue weighted by atomic mass is 10.1. The highest BCUT2D eigenvalue weighted by atomic mass is 16.5. The van der Waals surface area contributed by atoms with Crippen LogP contribution in [0.5, 0.6) is 0 Å². The van der Waals surface area contributed by atoms with Gasteiger partial charge in [-0.05, 0) is 19.8 Å². The Morgan fingerprint density at radius 2 is 2.17 bits per heavy atom. The summed E-state index contributed by atoms with van der Waals surface area (Å²) in [6.45, 7) is 4.57. The van der Waals surface area contributed by atoms with Crippen molar-refractivity contribution < 1.29 is 9.84 Å². The van der Waals surface area contributed by atoms with Crippen molar-refractivity contribution in [1.29, 1.82) is 0 Å². The van der Waals surface area contributed by atoms with E-state index in [1.54, 1.807) is 0 Å². The minimum Gasteiger partial charge on any atom is -0.390 e. The van der Waals surface area contributed by atoms with E-state index in [0.29, 0.717) is 19.4 Å². The summed E-state index contributed by atoms with van der Waals surface area (Å²) in [6, 6.07) is 0. The molecule has 0 heterocycles. The first-order chi connectivity index (χ1) is 5.76. The van der Waals surface area contributed by atoms with Crippen molar-refractivity contribution >= 4 is 0 Å². The summed E-state index contributed by atoms with van der Waals surface area (Å²) in [7, 11) is 0. The number of hydrogen-bond acceptors (Lipinski definition) is 2. The monoisotopic (exact) mass is 170 g/mol. The van der Waals surface area contributed by atoms with Gasteiger partial charge >= 0.3 is 0 Å². The molecule has 0 amide bonds. The molecule has 0 aromatic carbocycles. The predicted octanol–water partition coefficient (Wildman–Crippen LogP) is 1.58. The maximum atomic E-state index is 9.55. The van der Waals surface area contributed by atoms with E-state index in [-0.39, 0.29) is 6.10 Å². The molecule has 70 valence electrons. The van der Waals surface area contributed by atoms with Crippen LogP contribution in [0.1, 0.15) is 33.1 Å². The molecule has 2 nitrogen and oxygen atoms in total. The summed E-state index contributed by atoms with van der Waals surface area (Å²) in [6.07, 6.45) is 6.71. The summed E-state index contributed by atoms with van der Waals surface area (Å²) in [5.41, 5.74) is 0. The first-order valence-corrected chi connectivity index (χ1v) is 4.49. The molecule has 2 unspecified atom stereocenters. The second-order valence-corrected chi connectivity index (χ2v) is 2.71. The molecule has 2 heteroatoms. The Kier molecular flexibility index (Phi) is 6.84. The third-order valence-electron chi connectivity index (χ3n) is 1.80. The molecule has 0 aromatic rings. The third kappa shape index (κ3) is 4.38. The van der Waals surface area contributed by atoms with E-state index < -0.39 is 6.10 Å². The first kappa shape index (κ1) is 11.5. The van der Waals surface area contributed by atoms with E-state index in [2.05, 4.69) is 5.92 Å². The Bertz CT molecular complexity index is 137. The molecule has 1 N–H and O–H groups in total. The molecule has 12 heavy (non-hydrogen) atoms. The Morgan fingerprint density at radius 1 is 1.50 bits per heavy atom. The van der Waals surface area contributed by atoms with Crippen LogP contribution >= 0.6 is 0 Å². The lowest BCUT2D eigenvalue weighted by Crippen LogP contribution is -2.28. The molecule has 0 aliphatic carbocycles. The minimum absolute atomic E-state index is 0.0525. The van der Waals surface area contributed by atoms with Crippen molar-refractivity contribution in [2.75, 3.05) is 6.61 Å². The van der Waals surface area contributed by atoms with Gasteiger partial charge in [-0.15, -0.1) is 12.3 Å². The van der Waals surface area contributed by atoms with Gasteiger partial charge in [0.25, 0.3) is 0 Å². The highest BCUT2D eigenvalue weighted by Gasteiger charge is 2.16. The van der Waals surface area contributed by atoms with Gasteiger partial charge in [0.1, 0.15) is 0 Å². The van der Waals surface area contributed by atoms with E-state index in [1.165, 1.54) is 0 Å². The fraction of sp³-hybridized carbons (Fsp3) is 0.800. The molecule has 0 spiro atoms. The molecule has 2 atom stereocenters. The van der Waals surface area contributed by atoms with Crippen molar-refractivity contribution in [2.45, 2.75) is 45.3 Å². The van der Waals surface area contributed by atoms with Crippen LogP contribution in [0.15, 0.2) is 0 Å². The number of hydrogen-bond donors (Lipinski definition) is 1. The van der Waals surface area contributed by atoms with Gasteiger partial charge in [-0.1, -0.05) is 6.92 Å². The summed E-state index contributed by atoms with van der Waals surface area (Å²) < 4.78 is 5.33. The Labute approximate surface area is 74.9 Å². The molecule has 0 aliphatic heterocycles. The predicted molar refractivity (Wildman–Crippen MR) is 49.8 cm³/mol. The van der Waals surface area contributed by atoms with Crippen LogP contribution in [0.2, 0.25) is 0 Å². The van der Waals surface area contributed by atoms with Crippen LogP contribution in [-0.4, -0.2) is 23.9 Å². The lowest BCUT2D eigenvalue weighted by molar-refractivity contribution is -0.0365. The Balaban J connectivity index is 3.69. The van der Waals surface area contributed by atoms with Crippen molar-refractivity contribution in [3.05, 3.63) is 0 Å². The zero-order valence-electron chi connectivity index (χ0n) is 7.92. The highest BCUT2D eigenvalue weighted by molar-refractivity contribution is 4.85. The largest absolute Gasteiger partial charge is 0.390 e. The zero-order chi connectivity index (χ0) is 9.40. The summed E-state index contributed by atoms with van der Waals surface area (Å²) >= 11 is 0. The lowest BCUT2D eigenvalue weighted by Gasteiger charge is -2.20.